The highest BCUT2D eigenvalue weighted by molar-refractivity contribution is 9.10. The summed E-state index contributed by atoms with van der Waals surface area (Å²) in [5.41, 5.74) is 8.01. The van der Waals surface area contributed by atoms with Gasteiger partial charge in [-0.3, -0.25) is 0 Å². The lowest BCUT2D eigenvalue weighted by molar-refractivity contribution is 0.396. The molecule has 1 saturated heterocycles. The highest BCUT2D eigenvalue weighted by Crippen LogP contribution is 2.27. The third kappa shape index (κ3) is 3.13. The zero-order valence-electron chi connectivity index (χ0n) is 10.5. The highest BCUT2D eigenvalue weighted by Gasteiger charge is 2.21. The molecular weight excluding hydrogens is 278 g/mol. The molecule has 0 aromatic heterocycles. The van der Waals surface area contributed by atoms with Gasteiger partial charge in [0.05, 0.1) is 11.4 Å². The Morgan fingerprint density at radius 3 is 2.88 bits per heavy atom. The average Bonchev–Trinajstić information content (AvgIpc) is 2.63. The molecule has 4 heteroatoms. The largest absolute Gasteiger partial charge is 0.397 e. The molecule has 0 spiro atoms. The number of hydrogen-bond acceptors (Lipinski definition) is 3. The van der Waals surface area contributed by atoms with Gasteiger partial charge in [-0.15, -0.1) is 0 Å². The monoisotopic (exact) mass is 297 g/mol. The normalized spacial score (nSPS) is 20.8. The zero-order valence-corrected chi connectivity index (χ0v) is 12.1. The number of rotatable bonds is 3. The smallest absolute Gasteiger partial charge is 0.0598 e. The van der Waals surface area contributed by atoms with Crippen LogP contribution in [0, 0.1) is 5.92 Å². The van der Waals surface area contributed by atoms with Gasteiger partial charge in [0.2, 0.25) is 0 Å². The van der Waals surface area contributed by atoms with Crippen LogP contribution in [-0.2, 0) is 0 Å². The molecule has 2 rings (SSSR count). The Kier molecular flexibility index (Phi) is 3.94. The van der Waals surface area contributed by atoms with Crippen LogP contribution in [0.5, 0.6) is 0 Å². The number of nitrogens with zero attached hydrogens (tertiary/aromatic N) is 2. The SMILES string of the molecule is CN1CCC(CN(C)c2ccc(Br)cc2N)C1. The Bertz CT molecular complexity index is 394. The lowest BCUT2D eigenvalue weighted by atomic mass is 10.1. The Balaban J connectivity index is 2.01. The molecule has 1 atom stereocenters. The van der Waals surface area contributed by atoms with E-state index in [-0.39, 0.29) is 0 Å². The third-order valence-electron chi connectivity index (χ3n) is 3.42. The summed E-state index contributed by atoms with van der Waals surface area (Å²) in [5.74, 6) is 0.757. The molecule has 1 aliphatic heterocycles. The lowest BCUT2D eigenvalue weighted by Crippen LogP contribution is -2.27. The van der Waals surface area contributed by atoms with Crippen molar-refractivity contribution < 1.29 is 0 Å². The van der Waals surface area contributed by atoms with Crippen LogP contribution in [0.3, 0.4) is 0 Å². The number of likely N-dealkylation sites (tertiary alicyclic amines) is 1. The molecule has 1 unspecified atom stereocenters. The van der Waals surface area contributed by atoms with Crippen molar-refractivity contribution in [3.8, 4) is 0 Å². The number of benzene rings is 1. The number of nitrogen functional groups attached to an aromatic ring is 1. The molecule has 1 heterocycles. The Hall–Kier alpha value is -0.740. The Labute approximate surface area is 112 Å². The maximum absolute atomic E-state index is 6.04. The van der Waals surface area contributed by atoms with Gasteiger partial charge in [0.25, 0.3) is 0 Å². The molecule has 1 aliphatic rings. The van der Waals surface area contributed by atoms with Gasteiger partial charge >= 0.3 is 0 Å². The standard InChI is InChI=1S/C13H20BrN3/c1-16-6-5-10(8-16)9-17(2)13-4-3-11(14)7-12(13)15/h3-4,7,10H,5-6,8-9,15H2,1-2H3. The molecule has 0 aliphatic carbocycles. The van der Waals surface area contributed by atoms with Crippen molar-refractivity contribution in [2.75, 3.05) is 44.4 Å². The van der Waals surface area contributed by atoms with Crippen LogP contribution in [0.1, 0.15) is 6.42 Å². The van der Waals surface area contributed by atoms with E-state index in [2.05, 4.69) is 45.9 Å². The molecule has 1 aromatic carbocycles. The first kappa shape index (κ1) is 12.7. The van der Waals surface area contributed by atoms with E-state index in [0.29, 0.717) is 0 Å². The van der Waals surface area contributed by atoms with E-state index >= 15 is 0 Å². The Morgan fingerprint density at radius 1 is 1.53 bits per heavy atom. The van der Waals surface area contributed by atoms with Gasteiger partial charge in [-0.25, -0.2) is 0 Å². The van der Waals surface area contributed by atoms with Crippen LogP contribution in [0.25, 0.3) is 0 Å². The number of nitrogens with two attached hydrogens (primary N) is 1. The van der Waals surface area contributed by atoms with Crippen LogP contribution in [0.2, 0.25) is 0 Å². The van der Waals surface area contributed by atoms with Crippen LogP contribution in [0.4, 0.5) is 11.4 Å². The fraction of sp³-hybridized carbons (Fsp3) is 0.538. The maximum Gasteiger partial charge on any atom is 0.0598 e. The molecule has 0 amide bonds. The third-order valence-corrected chi connectivity index (χ3v) is 3.92. The van der Waals surface area contributed by atoms with Crippen molar-refractivity contribution >= 4 is 27.3 Å². The molecular formula is C13H20BrN3. The van der Waals surface area contributed by atoms with Gasteiger partial charge in [0.15, 0.2) is 0 Å². The van der Waals surface area contributed by atoms with E-state index in [4.69, 9.17) is 5.73 Å². The molecule has 0 saturated carbocycles. The van der Waals surface area contributed by atoms with Crippen molar-refractivity contribution in [3.05, 3.63) is 22.7 Å². The topological polar surface area (TPSA) is 32.5 Å². The summed E-state index contributed by atoms with van der Waals surface area (Å²) in [7, 11) is 4.31. The summed E-state index contributed by atoms with van der Waals surface area (Å²) < 4.78 is 1.03. The second-order valence-corrected chi connectivity index (χ2v) is 5.92. The van der Waals surface area contributed by atoms with Gasteiger partial charge < -0.3 is 15.5 Å². The van der Waals surface area contributed by atoms with Gasteiger partial charge in [0.1, 0.15) is 0 Å². The van der Waals surface area contributed by atoms with Gasteiger partial charge in [-0.1, -0.05) is 15.9 Å². The van der Waals surface area contributed by atoms with E-state index in [1.807, 2.05) is 12.1 Å². The van der Waals surface area contributed by atoms with Gasteiger partial charge in [-0.2, -0.15) is 0 Å². The van der Waals surface area contributed by atoms with Crippen molar-refractivity contribution in [1.82, 2.24) is 4.90 Å². The molecule has 17 heavy (non-hydrogen) atoms. The second-order valence-electron chi connectivity index (χ2n) is 5.00. The number of hydrogen-bond donors (Lipinski definition) is 1. The summed E-state index contributed by atoms with van der Waals surface area (Å²) in [6.45, 7) is 3.49. The molecule has 3 nitrogen and oxygen atoms in total. The van der Waals surface area contributed by atoms with E-state index in [1.54, 1.807) is 0 Å². The van der Waals surface area contributed by atoms with E-state index in [9.17, 15) is 0 Å². The van der Waals surface area contributed by atoms with E-state index in [1.165, 1.54) is 19.5 Å². The van der Waals surface area contributed by atoms with Crippen molar-refractivity contribution in [2.24, 2.45) is 5.92 Å². The van der Waals surface area contributed by atoms with Crippen molar-refractivity contribution in [1.29, 1.82) is 0 Å². The first-order valence-electron chi connectivity index (χ1n) is 6.01. The van der Waals surface area contributed by atoms with Crippen LogP contribution >= 0.6 is 15.9 Å². The summed E-state index contributed by atoms with van der Waals surface area (Å²) in [4.78, 5) is 4.66. The van der Waals surface area contributed by atoms with Crippen LogP contribution in [0.15, 0.2) is 22.7 Å². The molecule has 0 bridgehead atoms. The van der Waals surface area contributed by atoms with Gasteiger partial charge in [-0.05, 0) is 44.1 Å². The second kappa shape index (κ2) is 5.27. The number of halogens is 1. The van der Waals surface area contributed by atoms with Gasteiger partial charge in [0, 0.05) is 24.6 Å². The predicted molar refractivity (Wildman–Crippen MR) is 77.4 cm³/mol. The molecule has 1 aromatic rings. The van der Waals surface area contributed by atoms with Crippen molar-refractivity contribution in [2.45, 2.75) is 6.42 Å². The quantitative estimate of drug-likeness (QED) is 0.870. The minimum absolute atomic E-state index is 0.757. The highest BCUT2D eigenvalue weighted by atomic mass is 79.9. The zero-order chi connectivity index (χ0) is 12.4. The lowest BCUT2D eigenvalue weighted by Gasteiger charge is -2.24. The summed E-state index contributed by atoms with van der Waals surface area (Å²) >= 11 is 3.44. The summed E-state index contributed by atoms with van der Waals surface area (Å²) in [6, 6.07) is 6.09. The maximum atomic E-state index is 6.04. The Morgan fingerprint density at radius 2 is 2.29 bits per heavy atom. The summed E-state index contributed by atoms with van der Waals surface area (Å²) in [6.07, 6.45) is 1.29. The molecule has 94 valence electrons. The number of anilines is 2. The first-order valence-corrected chi connectivity index (χ1v) is 6.80. The van der Waals surface area contributed by atoms with E-state index in [0.717, 1.165) is 28.3 Å². The van der Waals surface area contributed by atoms with Crippen molar-refractivity contribution in [3.63, 3.8) is 0 Å². The first-order chi connectivity index (χ1) is 8.06. The molecule has 0 radical (unpaired) electrons. The fourth-order valence-electron chi connectivity index (χ4n) is 2.53. The molecule has 1 fully saturated rings. The summed E-state index contributed by atoms with van der Waals surface area (Å²) in [5, 5.41) is 0. The van der Waals surface area contributed by atoms with E-state index < -0.39 is 0 Å². The molecule has 2 N–H and O–H groups in total. The predicted octanol–water partition coefficient (Wildman–Crippen LogP) is 2.42. The minimum atomic E-state index is 0.757. The van der Waals surface area contributed by atoms with Crippen LogP contribution < -0.4 is 10.6 Å². The van der Waals surface area contributed by atoms with Crippen LogP contribution in [-0.4, -0.2) is 38.6 Å². The fourth-order valence-corrected chi connectivity index (χ4v) is 2.91. The minimum Gasteiger partial charge on any atom is -0.397 e. The average molecular weight is 298 g/mol.